The number of thioether (sulfide) groups is 1. The first-order chi connectivity index (χ1) is 8.23. The number of hydrogen-bond acceptors (Lipinski definition) is 2. The molecule has 0 amide bonds. The second-order valence-electron chi connectivity index (χ2n) is 5.65. The van der Waals surface area contributed by atoms with E-state index in [0.29, 0.717) is 5.41 Å². The third-order valence-corrected chi connectivity index (χ3v) is 5.68. The summed E-state index contributed by atoms with van der Waals surface area (Å²) in [4.78, 5) is 1.49. The van der Waals surface area contributed by atoms with Gasteiger partial charge in [0.05, 0.1) is 0 Å². The third-order valence-electron chi connectivity index (χ3n) is 4.46. The molecule has 92 valence electrons. The fourth-order valence-electron chi connectivity index (χ4n) is 3.41. The van der Waals surface area contributed by atoms with Crippen LogP contribution in [-0.4, -0.2) is 11.8 Å². The average Bonchev–Trinajstić information content (AvgIpc) is 2.93. The van der Waals surface area contributed by atoms with E-state index < -0.39 is 0 Å². The highest BCUT2D eigenvalue weighted by Gasteiger charge is 2.35. The Morgan fingerprint density at radius 1 is 1.35 bits per heavy atom. The normalized spacial score (nSPS) is 26.1. The highest BCUT2D eigenvalue weighted by molar-refractivity contribution is 8.00. The summed E-state index contributed by atoms with van der Waals surface area (Å²) in [7, 11) is 0. The van der Waals surface area contributed by atoms with Crippen molar-refractivity contribution >= 4 is 11.8 Å². The molecule has 3 rings (SSSR count). The van der Waals surface area contributed by atoms with Crippen LogP contribution in [0.3, 0.4) is 0 Å². The third kappa shape index (κ3) is 1.92. The first-order valence-electron chi connectivity index (χ1n) is 6.74. The standard InChI is InChI=1S/C15H21NS/c1-11-8-12-9-13(4-5-14(12)17-11)15(10-16)6-2-3-7-15/h4-5,9,11H,2-3,6-8,10,16H2,1H3. The fourth-order valence-corrected chi connectivity index (χ4v) is 4.55. The van der Waals surface area contributed by atoms with E-state index in [1.165, 1.54) is 42.6 Å². The second kappa shape index (κ2) is 4.33. The van der Waals surface area contributed by atoms with E-state index in [-0.39, 0.29) is 0 Å². The van der Waals surface area contributed by atoms with Crippen molar-refractivity contribution in [2.45, 2.75) is 54.6 Å². The molecular formula is C15H21NS. The first-order valence-corrected chi connectivity index (χ1v) is 7.62. The summed E-state index contributed by atoms with van der Waals surface area (Å²) in [6.45, 7) is 3.13. The summed E-state index contributed by atoms with van der Waals surface area (Å²) in [5, 5.41) is 0.748. The van der Waals surface area contributed by atoms with E-state index in [1.807, 2.05) is 11.8 Å². The molecule has 1 saturated carbocycles. The van der Waals surface area contributed by atoms with Gasteiger partial charge >= 0.3 is 0 Å². The Bertz CT molecular complexity index is 421. The number of benzene rings is 1. The molecule has 1 heterocycles. The van der Waals surface area contributed by atoms with Crippen molar-refractivity contribution in [3.63, 3.8) is 0 Å². The fraction of sp³-hybridized carbons (Fsp3) is 0.600. The summed E-state index contributed by atoms with van der Waals surface area (Å²) >= 11 is 2.02. The lowest BCUT2D eigenvalue weighted by molar-refractivity contribution is 0.452. The van der Waals surface area contributed by atoms with Gasteiger partial charge in [-0.05, 0) is 36.5 Å². The van der Waals surface area contributed by atoms with Crippen molar-refractivity contribution in [1.82, 2.24) is 0 Å². The summed E-state index contributed by atoms with van der Waals surface area (Å²) in [6.07, 6.45) is 6.49. The largest absolute Gasteiger partial charge is 0.330 e. The summed E-state index contributed by atoms with van der Waals surface area (Å²) in [6, 6.07) is 7.11. The van der Waals surface area contributed by atoms with Crippen molar-refractivity contribution in [1.29, 1.82) is 0 Å². The zero-order chi connectivity index (χ0) is 11.9. The van der Waals surface area contributed by atoms with Crippen LogP contribution in [-0.2, 0) is 11.8 Å². The van der Waals surface area contributed by atoms with Crippen molar-refractivity contribution in [2.75, 3.05) is 6.54 Å². The van der Waals surface area contributed by atoms with Gasteiger partial charge in [-0.1, -0.05) is 31.9 Å². The summed E-state index contributed by atoms with van der Waals surface area (Å²) < 4.78 is 0. The molecule has 0 bridgehead atoms. The van der Waals surface area contributed by atoms with Crippen molar-refractivity contribution < 1.29 is 0 Å². The Morgan fingerprint density at radius 3 is 2.82 bits per heavy atom. The van der Waals surface area contributed by atoms with Crippen LogP contribution >= 0.6 is 11.8 Å². The second-order valence-corrected chi connectivity index (χ2v) is 7.13. The molecule has 0 aromatic heterocycles. The summed E-state index contributed by atoms with van der Waals surface area (Å²) in [5.41, 5.74) is 9.43. The van der Waals surface area contributed by atoms with Gasteiger partial charge < -0.3 is 5.73 Å². The maximum atomic E-state index is 6.07. The van der Waals surface area contributed by atoms with Gasteiger partial charge in [0.1, 0.15) is 0 Å². The molecule has 1 aromatic carbocycles. The van der Waals surface area contributed by atoms with E-state index in [4.69, 9.17) is 5.73 Å². The molecule has 2 N–H and O–H groups in total. The van der Waals surface area contributed by atoms with Gasteiger partial charge in [-0.2, -0.15) is 0 Å². The lowest BCUT2D eigenvalue weighted by Gasteiger charge is -2.28. The zero-order valence-corrected chi connectivity index (χ0v) is 11.4. The molecule has 1 fully saturated rings. The van der Waals surface area contributed by atoms with Gasteiger partial charge in [0.2, 0.25) is 0 Å². The van der Waals surface area contributed by atoms with Gasteiger partial charge in [0.15, 0.2) is 0 Å². The average molecular weight is 247 g/mol. The lowest BCUT2D eigenvalue weighted by Crippen LogP contribution is -2.32. The monoisotopic (exact) mass is 247 g/mol. The minimum Gasteiger partial charge on any atom is -0.330 e. The van der Waals surface area contributed by atoms with Crippen LogP contribution in [0.15, 0.2) is 23.1 Å². The first kappa shape index (κ1) is 11.6. The molecule has 0 radical (unpaired) electrons. The maximum Gasteiger partial charge on any atom is 0.0107 e. The van der Waals surface area contributed by atoms with Crippen LogP contribution < -0.4 is 5.73 Å². The Morgan fingerprint density at radius 2 is 2.12 bits per heavy atom. The Labute approximate surface area is 108 Å². The van der Waals surface area contributed by atoms with E-state index in [1.54, 1.807) is 5.56 Å². The Balaban J connectivity index is 1.96. The minimum absolute atomic E-state index is 0.297. The van der Waals surface area contributed by atoms with Crippen molar-refractivity contribution in [3.05, 3.63) is 29.3 Å². The predicted molar refractivity (Wildman–Crippen MR) is 74.7 cm³/mol. The van der Waals surface area contributed by atoms with Crippen molar-refractivity contribution in [3.8, 4) is 0 Å². The highest BCUT2D eigenvalue weighted by Crippen LogP contribution is 2.44. The smallest absolute Gasteiger partial charge is 0.0107 e. The van der Waals surface area contributed by atoms with Gasteiger partial charge in [0, 0.05) is 22.1 Å². The molecular weight excluding hydrogens is 226 g/mol. The van der Waals surface area contributed by atoms with Gasteiger partial charge in [-0.25, -0.2) is 0 Å². The molecule has 2 heteroatoms. The molecule has 2 aliphatic rings. The Kier molecular flexibility index (Phi) is 2.95. The minimum atomic E-state index is 0.297. The maximum absolute atomic E-state index is 6.07. The van der Waals surface area contributed by atoms with Gasteiger partial charge in [-0.15, -0.1) is 11.8 Å². The zero-order valence-electron chi connectivity index (χ0n) is 10.5. The number of rotatable bonds is 2. The molecule has 1 aliphatic heterocycles. The summed E-state index contributed by atoms with van der Waals surface area (Å²) in [5.74, 6) is 0. The topological polar surface area (TPSA) is 26.0 Å². The quantitative estimate of drug-likeness (QED) is 0.865. The van der Waals surface area contributed by atoms with Crippen LogP contribution in [0.5, 0.6) is 0 Å². The SMILES string of the molecule is CC1Cc2cc(C3(CN)CCCC3)ccc2S1. The molecule has 0 spiro atoms. The van der Waals surface area contributed by atoms with Gasteiger partial charge in [0.25, 0.3) is 0 Å². The van der Waals surface area contributed by atoms with E-state index in [2.05, 4.69) is 25.1 Å². The van der Waals surface area contributed by atoms with E-state index in [9.17, 15) is 0 Å². The van der Waals surface area contributed by atoms with Crippen LogP contribution in [0.1, 0.15) is 43.7 Å². The molecule has 1 unspecified atom stereocenters. The van der Waals surface area contributed by atoms with Crippen molar-refractivity contribution in [2.24, 2.45) is 5.73 Å². The number of hydrogen-bond donors (Lipinski definition) is 1. The van der Waals surface area contributed by atoms with Crippen LogP contribution in [0.2, 0.25) is 0 Å². The molecule has 1 atom stereocenters. The van der Waals surface area contributed by atoms with E-state index in [0.717, 1.165) is 11.8 Å². The van der Waals surface area contributed by atoms with Crippen LogP contribution in [0.25, 0.3) is 0 Å². The van der Waals surface area contributed by atoms with Gasteiger partial charge in [-0.3, -0.25) is 0 Å². The lowest BCUT2D eigenvalue weighted by atomic mass is 9.78. The van der Waals surface area contributed by atoms with Crippen LogP contribution in [0.4, 0.5) is 0 Å². The number of fused-ring (bicyclic) bond motifs is 1. The van der Waals surface area contributed by atoms with Crippen LogP contribution in [0, 0.1) is 0 Å². The predicted octanol–water partition coefficient (Wildman–Crippen LogP) is 3.49. The molecule has 1 nitrogen and oxygen atoms in total. The molecule has 1 aromatic rings. The highest BCUT2D eigenvalue weighted by atomic mass is 32.2. The molecule has 17 heavy (non-hydrogen) atoms. The molecule has 1 aliphatic carbocycles. The van der Waals surface area contributed by atoms with E-state index >= 15 is 0 Å². The number of nitrogens with two attached hydrogens (primary N) is 1. The Hall–Kier alpha value is -0.470. The molecule has 0 saturated heterocycles.